The lowest BCUT2D eigenvalue weighted by molar-refractivity contribution is -0.0495. The average molecular weight is 488 g/mol. The molecule has 0 aliphatic heterocycles. The van der Waals surface area contributed by atoms with Gasteiger partial charge in [0.2, 0.25) is 5.92 Å². The van der Waals surface area contributed by atoms with Crippen molar-refractivity contribution in [3.8, 4) is 0 Å². The molecule has 0 saturated heterocycles. The Labute approximate surface area is 194 Å². The van der Waals surface area contributed by atoms with E-state index in [2.05, 4.69) is 20.1 Å². The van der Waals surface area contributed by atoms with Crippen molar-refractivity contribution in [2.45, 2.75) is 69.2 Å². The van der Waals surface area contributed by atoms with Crippen molar-refractivity contribution in [2.75, 3.05) is 13.7 Å². The Kier molecular flexibility index (Phi) is 7.82. The van der Waals surface area contributed by atoms with E-state index in [0.717, 1.165) is 0 Å². The standard InChI is InChI=1S/C21H31F2N5O4S/c1-20(2,3)33(31)27-16(12-32-4)14-9-17-25-15(11-28(17)24-10-14)18(26-19(29)30)13-5-7-21(22,23)8-6-13/h9-11,13,16,18,26-27H,5-8,12H2,1-4H3,(H,29,30). The molecule has 2 aromatic rings. The van der Waals surface area contributed by atoms with Gasteiger partial charge >= 0.3 is 6.09 Å². The number of carboxylic acid groups (broad SMARTS) is 1. The van der Waals surface area contributed by atoms with Crippen molar-refractivity contribution in [3.05, 3.63) is 29.7 Å². The summed E-state index contributed by atoms with van der Waals surface area (Å²) in [4.78, 5) is 16.0. The number of aromatic nitrogens is 3. The molecule has 0 spiro atoms. The van der Waals surface area contributed by atoms with Crippen molar-refractivity contribution in [3.63, 3.8) is 0 Å². The predicted molar refractivity (Wildman–Crippen MR) is 119 cm³/mol. The summed E-state index contributed by atoms with van der Waals surface area (Å²) < 4.78 is 49.2. The first-order chi connectivity index (χ1) is 15.4. The van der Waals surface area contributed by atoms with E-state index in [1.54, 1.807) is 25.6 Å². The van der Waals surface area contributed by atoms with E-state index in [1.165, 1.54) is 4.52 Å². The summed E-state index contributed by atoms with van der Waals surface area (Å²) in [6, 6.07) is 0.645. The summed E-state index contributed by atoms with van der Waals surface area (Å²) >= 11 is -1.34. The van der Waals surface area contributed by atoms with Crippen molar-refractivity contribution in [2.24, 2.45) is 5.92 Å². The van der Waals surface area contributed by atoms with Gasteiger partial charge in [-0.15, -0.1) is 4.72 Å². The van der Waals surface area contributed by atoms with E-state index in [9.17, 15) is 23.2 Å². The second-order valence-corrected chi connectivity index (χ2v) is 11.4. The molecule has 0 aromatic carbocycles. The summed E-state index contributed by atoms with van der Waals surface area (Å²) in [5.74, 6) is -3.00. The quantitative estimate of drug-likeness (QED) is 0.486. The van der Waals surface area contributed by atoms with E-state index in [4.69, 9.17) is 4.74 Å². The Morgan fingerprint density at radius 1 is 1.42 bits per heavy atom. The first-order valence-electron chi connectivity index (χ1n) is 10.8. The Balaban J connectivity index is 1.88. The third-order valence-corrected chi connectivity index (χ3v) is 7.34. The number of hydrogen-bond acceptors (Lipinski definition) is 6. The van der Waals surface area contributed by atoms with Gasteiger partial charge in [-0.2, -0.15) is 5.10 Å². The highest BCUT2D eigenvalue weighted by atomic mass is 32.2. The molecule has 1 aliphatic carbocycles. The van der Waals surface area contributed by atoms with Crippen molar-refractivity contribution in [1.82, 2.24) is 24.6 Å². The number of fused-ring (bicyclic) bond motifs is 1. The summed E-state index contributed by atoms with van der Waals surface area (Å²) in [6.45, 7) is 5.84. The molecule has 3 unspecified atom stereocenters. The number of imidazole rings is 1. The molecule has 3 atom stereocenters. The number of alkyl halides is 2. The van der Waals surface area contributed by atoms with Crippen LogP contribution < -0.4 is 10.0 Å². The summed E-state index contributed by atoms with van der Waals surface area (Å²) in [6.07, 6.45) is 1.82. The van der Waals surface area contributed by atoms with Gasteiger partial charge in [-0.05, 0) is 51.2 Å². The number of rotatable bonds is 8. The lowest BCUT2D eigenvalue weighted by Gasteiger charge is -2.32. The summed E-state index contributed by atoms with van der Waals surface area (Å²) in [5.41, 5.74) is 1.59. The molecule has 3 N–H and O–H groups in total. The van der Waals surface area contributed by atoms with Gasteiger partial charge in [0, 0.05) is 31.3 Å². The predicted octanol–water partition coefficient (Wildman–Crippen LogP) is 3.60. The zero-order valence-corrected chi connectivity index (χ0v) is 20.0. The number of ether oxygens (including phenoxy) is 1. The van der Waals surface area contributed by atoms with E-state index in [1.807, 2.05) is 20.8 Å². The van der Waals surface area contributed by atoms with Gasteiger partial charge in [-0.1, -0.05) is 0 Å². The average Bonchev–Trinajstić information content (AvgIpc) is 3.14. The molecule has 2 heterocycles. The maximum absolute atomic E-state index is 13.6. The molecule has 0 bridgehead atoms. The minimum absolute atomic E-state index is 0.197. The maximum atomic E-state index is 13.6. The number of nitrogens with zero attached hydrogens (tertiary/aromatic N) is 3. The second-order valence-electron chi connectivity index (χ2n) is 9.38. The molecule has 1 amide bonds. The van der Waals surface area contributed by atoms with Crippen LogP contribution in [0.15, 0.2) is 18.5 Å². The van der Waals surface area contributed by atoms with Gasteiger partial charge < -0.3 is 19.7 Å². The van der Waals surface area contributed by atoms with Gasteiger partial charge in [-0.3, -0.25) is 0 Å². The Bertz CT molecular complexity index is 958. The van der Waals surface area contributed by atoms with Crippen LogP contribution in [0.2, 0.25) is 0 Å². The Morgan fingerprint density at radius 3 is 2.67 bits per heavy atom. The third-order valence-electron chi connectivity index (χ3n) is 5.73. The van der Waals surface area contributed by atoms with Gasteiger partial charge in [0.25, 0.3) is 0 Å². The van der Waals surface area contributed by atoms with Crippen LogP contribution in [0.1, 0.15) is 69.8 Å². The number of amides is 1. The van der Waals surface area contributed by atoms with Crippen LogP contribution in [-0.4, -0.2) is 54.7 Å². The smallest absolute Gasteiger partial charge is 0.405 e. The fourth-order valence-corrected chi connectivity index (χ4v) is 4.70. The van der Waals surface area contributed by atoms with Crippen LogP contribution in [-0.2, 0) is 16.1 Å². The highest BCUT2D eigenvalue weighted by Gasteiger charge is 2.39. The molecule has 33 heavy (non-hydrogen) atoms. The minimum atomic E-state index is -2.71. The molecule has 9 nitrogen and oxygen atoms in total. The lowest BCUT2D eigenvalue weighted by atomic mass is 9.81. The van der Waals surface area contributed by atoms with Crippen LogP contribution in [0.25, 0.3) is 5.65 Å². The minimum Gasteiger partial charge on any atom is -0.598 e. The van der Waals surface area contributed by atoms with E-state index in [-0.39, 0.29) is 38.2 Å². The SMILES string of the molecule is COCC(N[S+]([O-])C(C)(C)C)c1cnn2cc(C(NC(=O)O)C3CCC(F)(F)CC3)nc2c1. The Morgan fingerprint density at radius 2 is 2.09 bits per heavy atom. The molecule has 1 aliphatic rings. The van der Waals surface area contributed by atoms with E-state index in [0.29, 0.717) is 16.9 Å². The van der Waals surface area contributed by atoms with E-state index >= 15 is 0 Å². The van der Waals surface area contributed by atoms with Crippen LogP contribution in [0.3, 0.4) is 0 Å². The molecule has 3 rings (SSSR count). The number of halogens is 2. The second kappa shape index (κ2) is 10.1. The molecule has 2 aromatic heterocycles. The molecule has 184 valence electrons. The normalized spacial score (nSPS) is 19.8. The largest absolute Gasteiger partial charge is 0.598 e. The topological polar surface area (TPSA) is 124 Å². The first kappa shape index (κ1) is 25.6. The lowest BCUT2D eigenvalue weighted by Crippen LogP contribution is -2.42. The molecule has 1 saturated carbocycles. The number of nitrogens with one attached hydrogen (secondary N) is 2. The number of methoxy groups -OCH3 is 1. The fourth-order valence-electron chi connectivity index (χ4n) is 3.88. The number of carbonyl (C=O) groups is 1. The van der Waals surface area contributed by atoms with Gasteiger partial charge in [0.1, 0.15) is 10.8 Å². The van der Waals surface area contributed by atoms with E-state index < -0.39 is 40.2 Å². The molecular weight excluding hydrogens is 456 g/mol. The first-order valence-corrected chi connectivity index (χ1v) is 11.9. The van der Waals surface area contributed by atoms with Crippen LogP contribution in [0, 0.1) is 5.92 Å². The zero-order chi connectivity index (χ0) is 24.4. The monoisotopic (exact) mass is 487 g/mol. The van der Waals surface area contributed by atoms with Gasteiger partial charge in [-0.25, -0.2) is 23.1 Å². The van der Waals surface area contributed by atoms with Gasteiger partial charge in [0.15, 0.2) is 5.65 Å². The van der Waals surface area contributed by atoms with Crippen LogP contribution in [0.4, 0.5) is 13.6 Å². The summed E-state index contributed by atoms with van der Waals surface area (Å²) in [5, 5.41) is 16.1. The van der Waals surface area contributed by atoms with Crippen molar-refractivity contribution >= 4 is 23.1 Å². The molecular formula is C21H31F2N5O4S. The van der Waals surface area contributed by atoms with Crippen molar-refractivity contribution < 1.29 is 28.0 Å². The maximum Gasteiger partial charge on any atom is 0.405 e. The number of hydrogen-bond donors (Lipinski definition) is 3. The third kappa shape index (κ3) is 6.52. The van der Waals surface area contributed by atoms with Crippen LogP contribution >= 0.6 is 0 Å². The fraction of sp³-hybridized carbons (Fsp3) is 0.667. The molecule has 1 fully saturated rings. The Hall–Kier alpha value is -2.02. The molecule has 12 heteroatoms. The highest BCUT2D eigenvalue weighted by molar-refractivity contribution is 7.90. The highest BCUT2D eigenvalue weighted by Crippen LogP contribution is 2.41. The van der Waals surface area contributed by atoms with Crippen molar-refractivity contribution in [1.29, 1.82) is 0 Å². The molecule has 0 radical (unpaired) electrons. The van der Waals surface area contributed by atoms with Gasteiger partial charge in [0.05, 0.1) is 30.7 Å². The van der Waals surface area contributed by atoms with Crippen LogP contribution in [0.5, 0.6) is 0 Å². The zero-order valence-electron chi connectivity index (χ0n) is 19.2. The summed E-state index contributed by atoms with van der Waals surface area (Å²) in [7, 11) is 1.55.